The number of rotatable bonds is 7. The van der Waals surface area contributed by atoms with Crippen molar-refractivity contribution in [3.8, 4) is 0 Å². The largest absolute Gasteiger partial charge is 0.145 e. The van der Waals surface area contributed by atoms with Crippen molar-refractivity contribution < 1.29 is 0 Å². The molecule has 1 aromatic rings. The second-order valence-corrected chi connectivity index (χ2v) is 8.14. The van der Waals surface area contributed by atoms with E-state index in [9.17, 15) is 0 Å². The fourth-order valence-electron chi connectivity index (χ4n) is 3.51. The van der Waals surface area contributed by atoms with Crippen LogP contribution in [0.1, 0.15) is 68.5 Å². The molecule has 114 valence electrons. The number of unbranched alkanes of at least 4 members (excludes halogenated alkanes) is 1. The Morgan fingerprint density at radius 3 is 2.45 bits per heavy atom. The van der Waals surface area contributed by atoms with Gasteiger partial charge >= 0.3 is 0 Å². The van der Waals surface area contributed by atoms with E-state index in [0.29, 0.717) is 5.41 Å². The predicted molar refractivity (Wildman–Crippen MR) is 92.0 cm³/mol. The van der Waals surface area contributed by atoms with Crippen molar-refractivity contribution in [1.29, 1.82) is 0 Å². The van der Waals surface area contributed by atoms with Crippen molar-refractivity contribution in [3.05, 3.63) is 21.9 Å². The molecule has 1 fully saturated rings. The summed E-state index contributed by atoms with van der Waals surface area (Å²) in [6.07, 6.45) is 12.0. The fraction of sp³-hybridized carbons (Fsp3) is 0.778. The summed E-state index contributed by atoms with van der Waals surface area (Å²) in [6, 6.07) is 4.63. The standard InChI is InChI=1S/C18H29ClS/c1-3-5-6-15-9-11-18(14-19,12-10-15)13-17-8-7-16(4-2)20-17/h7-8,15H,3-6,9-14H2,1-2H3. The van der Waals surface area contributed by atoms with Gasteiger partial charge in [0.2, 0.25) is 0 Å². The minimum atomic E-state index is 0.389. The van der Waals surface area contributed by atoms with Gasteiger partial charge in [0, 0.05) is 15.6 Å². The van der Waals surface area contributed by atoms with Crippen molar-refractivity contribution in [2.75, 3.05) is 5.88 Å². The van der Waals surface area contributed by atoms with Crippen LogP contribution in [0.2, 0.25) is 0 Å². The first-order valence-corrected chi connectivity index (χ1v) is 9.70. The second-order valence-electron chi connectivity index (χ2n) is 6.62. The normalized spacial score (nSPS) is 26.9. The van der Waals surface area contributed by atoms with Crippen molar-refractivity contribution in [2.24, 2.45) is 11.3 Å². The van der Waals surface area contributed by atoms with Gasteiger partial charge in [-0.1, -0.05) is 33.1 Å². The lowest BCUT2D eigenvalue weighted by Gasteiger charge is -2.39. The number of thiophene rings is 1. The maximum absolute atomic E-state index is 6.38. The van der Waals surface area contributed by atoms with Gasteiger partial charge in [0.25, 0.3) is 0 Å². The molecule has 0 spiro atoms. The van der Waals surface area contributed by atoms with Gasteiger partial charge in [-0.3, -0.25) is 0 Å². The van der Waals surface area contributed by atoms with Crippen LogP contribution in [0.25, 0.3) is 0 Å². The van der Waals surface area contributed by atoms with E-state index in [-0.39, 0.29) is 0 Å². The summed E-state index contributed by atoms with van der Waals surface area (Å²) in [4.78, 5) is 3.07. The molecule has 0 saturated heterocycles. The molecule has 2 rings (SSSR count). The maximum atomic E-state index is 6.38. The first-order chi connectivity index (χ1) is 9.71. The number of hydrogen-bond acceptors (Lipinski definition) is 1. The minimum absolute atomic E-state index is 0.389. The summed E-state index contributed by atoms with van der Waals surface area (Å²) >= 11 is 8.38. The molecule has 1 aliphatic rings. The highest BCUT2D eigenvalue weighted by molar-refractivity contribution is 7.11. The van der Waals surface area contributed by atoms with Gasteiger partial charge in [-0.25, -0.2) is 0 Å². The second kappa shape index (κ2) is 7.84. The third-order valence-electron chi connectivity index (χ3n) is 5.03. The summed E-state index contributed by atoms with van der Waals surface area (Å²) in [5.41, 5.74) is 0.389. The van der Waals surface area contributed by atoms with Crippen LogP contribution < -0.4 is 0 Å². The smallest absolute Gasteiger partial charge is 0.0283 e. The maximum Gasteiger partial charge on any atom is 0.0283 e. The van der Waals surface area contributed by atoms with E-state index >= 15 is 0 Å². The molecule has 0 aliphatic heterocycles. The van der Waals surface area contributed by atoms with E-state index in [1.54, 1.807) is 4.88 Å². The lowest BCUT2D eigenvalue weighted by molar-refractivity contribution is 0.167. The molecule has 0 nitrogen and oxygen atoms in total. The highest BCUT2D eigenvalue weighted by Crippen LogP contribution is 2.44. The molecule has 1 saturated carbocycles. The molecule has 0 bridgehead atoms. The summed E-state index contributed by atoms with van der Waals surface area (Å²) in [5, 5.41) is 0. The van der Waals surface area contributed by atoms with E-state index in [0.717, 1.165) is 18.2 Å². The van der Waals surface area contributed by atoms with E-state index in [1.165, 1.54) is 56.2 Å². The molecule has 1 heterocycles. The molecule has 0 unspecified atom stereocenters. The quantitative estimate of drug-likeness (QED) is 0.507. The van der Waals surface area contributed by atoms with Gasteiger partial charge in [0.05, 0.1) is 0 Å². The van der Waals surface area contributed by atoms with Crippen LogP contribution in [0.15, 0.2) is 12.1 Å². The van der Waals surface area contributed by atoms with Crippen LogP contribution in [0.5, 0.6) is 0 Å². The Balaban J connectivity index is 1.91. The first kappa shape index (κ1) is 16.4. The molecular weight excluding hydrogens is 284 g/mol. The molecule has 0 aromatic carbocycles. The Hall–Kier alpha value is -0.0100. The monoisotopic (exact) mass is 312 g/mol. The Morgan fingerprint density at radius 2 is 1.90 bits per heavy atom. The zero-order valence-electron chi connectivity index (χ0n) is 13.1. The molecule has 20 heavy (non-hydrogen) atoms. The summed E-state index contributed by atoms with van der Waals surface area (Å²) in [5.74, 6) is 1.81. The fourth-order valence-corrected chi connectivity index (χ4v) is 5.00. The Labute approximate surface area is 133 Å². The van der Waals surface area contributed by atoms with E-state index < -0.39 is 0 Å². The van der Waals surface area contributed by atoms with Crippen LogP contribution in [0, 0.1) is 11.3 Å². The SMILES string of the molecule is CCCCC1CCC(CCl)(Cc2ccc(CC)s2)CC1. The molecule has 0 amide bonds. The Morgan fingerprint density at radius 1 is 1.20 bits per heavy atom. The van der Waals surface area contributed by atoms with Crippen molar-refractivity contribution in [1.82, 2.24) is 0 Å². The predicted octanol–water partition coefficient (Wildman–Crippen LogP) is 6.46. The Kier molecular flexibility index (Phi) is 6.42. The van der Waals surface area contributed by atoms with Gasteiger partial charge in [-0.05, 0) is 62.0 Å². The van der Waals surface area contributed by atoms with Crippen LogP contribution in [0.4, 0.5) is 0 Å². The van der Waals surface area contributed by atoms with Crippen molar-refractivity contribution in [3.63, 3.8) is 0 Å². The van der Waals surface area contributed by atoms with Gasteiger partial charge < -0.3 is 0 Å². The highest BCUT2D eigenvalue weighted by Gasteiger charge is 2.34. The minimum Gasteiger partial charge on any atom is -0.145 e. The third kappa shape index (κ3) is 4.24. The average molecular weight is 313 g/mol. The lowest BCUT2D eigenvalue weighted by atomic mass is 9.68. The lowest BCUT2D eigenvalue weighted by Crippen LogP contribution is -2.31. The first-order valence-electron chi connectivity index (χ1n) is 8.35. The van der Waals surface area contributed by atoms with Crippen molar-refractivity contribution >= 4 is 22.9 Å². The van der Waals surface area contributed by atoms with Crippen LogP contribution in [-0.2, 0) is 12.8 Å². The number of alkyl halides is 1. The van der Waals surface area contributed by atoms with E-state index in [2.05, 4.69) is 26.0 Å². The average Bonchev–Trinajstić information content (AvgIpc) is 2.94. The zero-order valence-corrected chi connectivity index (χ0v) is 14.7. The van der Waals surface area contributed by atoms with Crippen LogP contribution in [-0.4, -0.2) is 5.88 Å². The molecule has 0 atom stereocenters. The number of aryl methyl sites for hydroxylation is 1. The Bertz CT molecular complexity index is 388. The summed E-state index contributed by atoms with van der Waals surface area (Å²) < 4.78 is 0. The topological polar surface area (TPSA) is 0 Å². The summed E-state index contributed by atoms with van der Waals surface area (Å²) in [6.45, 7) is 4.54. The van der Waals surface area contributed by atoms with Gasteiger partial charge in [0.1, 0.15) is 0 Å². The van der Waals surface area contributed by atoms with E-state index in [1.807, 2.05) is 11.3 Å². The van der Waals surface area contributed by atoms with Gasteiger partial charge in [-0.2, -0.15) is 0 Å². The zero-order chi connectivity index (χ0) is 14.4. The highest BCUT2D eigenvalue weighted by atomic mass is 35.5. The van der Waals surface area contributed by atoms with E-state index in [4.69, 9.17) is 11.6 Å². The molecule has 1 aromatic heterocycles. The van der Waals surface area contributed by atoms with Crippen LogP contribution >= 0.6 is 22.9 Å². The van der Waals surface area contributed by atoms with Crippen molar-refractivity contribution in [2.45, 2.75) is 71.6 Å². The summed E-state index contributed by atoms with van der Waals surface area (Å²) in [7, 11) is 0. The van der Waals surface area contributed by atoms with Gasteiger partial charge in [0.15, 0.2) is 0 Å². The molecule has 1 aliphatic carbocycles. The van der Waals surface area contributed by atoms with Gasteiger partial charge in [-0.15, -0.1) is 22.9 Å². The number of hydrogen-bond donors (Lipinski definition) is 0. The molecule has 0 radical (unpaired) electrons. The number of halogens is 1. The van der Waals surface area contributed by atoms with Crippen LogP contribution in [0.3, 0.4) is 0 Å². The molecular formula is C18H29ClS. The molecule has 2 heteroatoms. The third-order valence-corrected chi connectivity index (χ3v) is 6.83. The molecule has 0 N–H and O–H groups in total.